The molecule has 0 spiro atoms. The molecule has 0 aliphatic carbocycles. The van der Waals surface area contributed by atoms with Gasteiger partial charge in [-0.3, -0.25) is 4.79 Å². The lowest BCUT2D eigenvalue weighted by molar-refractivity contribution is -0.159. The van der Waals surface area contributed by atoms with Crippen LogP contribution in [-0.2, 0) is 9.53 Å². The molecule has 1 atom stereocenters. The second-order valence-corrected chi connectivity index (χ2v) is 5.59. The van der Waals surface area contributed by atoms with Gasteiger partial charge in [0, 0.05) is 0 Å². The molecule has 0 rings (SSSR count). The summed E-state index contributed by atoms with van der Waals surface area (Å²) >= 11 is 0. The zero-order chi connectivity index (χ0) is 12.1. The molecule has 0 aromatic heterocycles. The highest BCUT2D eigenvalue weighted by Crippen LogP contribution is 2.27. The summed E-state index contributed by atoms with van der Waals surface area (Å²) in [7, 11) is 0. The Morgan fingerprint density at radius 3 is 2.13 bits per heavy atom. The summed E-state index contributed by atoms with van der Waals surface area (Å²) in [6.45, 7) is 12.3. The first-order valence-corrected chi connectivity index (χ1v) is 5.99. The minimum absolute atomic E-state index is 0.0310. The van der Waals surface area contributed by atoms with Crippen molar-refractivity contribution in [1.29, 1.82) is 0 Å². The summed E-state index contributed by atoms with van der Waals surface area (Å²) in [5.41, 5.74) is 0.0414. The highest BCUT2D eigenvalue weighted by Gasteiger charge is 2.28. The van der Waals surface area contributed by atoms with E-state index in [4.69, 9.17) is 4.74 Å². The van der Waals surface area contributed by atoms with Crippen LogP contribution in [0.2, 0.25) is 0 Å². The lowest BCUT2D eigenvalue weighted by Crippen LogP contribution is -2.33. The van der Waals surface area contributed by atoms with Crippen LogP contribution in [0.15, 0.2) is 0 Å². The van der Waals surface area contributed by atoms with E-state index in [1.165, 1.54) is 0 Å². The van der Waals surface area contributed by atoms with Gasteiger partial charge in [-0.2, -0.15) is 0 Å². The fraction of sp³-hybridized carbons (Fsp3) is 0.923. The Morgan fingerprint density at radius 2 is 1.80 bits per heavy atom. The molecule has 0 fully saturated rings. The first-order chi connectivity index (χ1) is 6.79. The fourth-order valence-corrected chi connectivity index (χ4v) is 1.33. The van der Waals surface area contributed by atoms with Crippen molar-refractivity contribution in [1.82, 2.24) is 0 Å². The van der Waals surface area contributed by atoms with E-state index in [9.17, 15) is 4.79 Å². The molecule has 90 valence electrons. The second-order valence-electron chi connectivity index (χ2n) is 5.59. The Hall–Kier alpha value is -0.530. The summed E-state index contributed by atoms with van der Waals surface area (Å²) in [4.78, 5) is 11.5. The smallest absolute Gasteiger partial charge is 0.308 e. The van der Waals surface area contributed by atoms with E-state index in [2.05, 4.69) is 27.7 Å². The van der Waals surface area contributed by atoms with Crippen LogP contribution in [0, 0.1) is 11.3 Å². The molecular formula is C13H26O2. The van der Waals surface area contributed by atoms with Crippen molar-refractivity contribution in [3.63, 3.8) is 0 Å². The molecule has 0 saturated heterocycles. The fourth-order valence-electron chi connectivity index (χ4n) is 1.33. The summed E-state index contributed by atoms with van der Waals surface area (Å²) in [6.07, 6.45) is 3.28. The van der Waals surface area contributed by atoms with Crippen molar-refractivity contribution in [2.24, 2.45) is 11.3 Å². The maximum Gasteiger partial charge on any atom is 0.308 e. The highest BCUT2D eigenvalue weighted by molar-refractivity contribution is 5.71. The molecule has 0 heterocycles. The van der Waals surface area contributed by atoms with Gasteiger partial charge in [-0.1, -0.05) is 54.4 Å². The van der Waals surface area contributed by atoms with Gasteiger partial charge < -0.3 is 4.74 Å². The lowest BCUT2D eigenvalue weighted by atomic mass is 9.86. The van der Waals surface area contributed by atoms with Crippen molar-refractivity contribution in [3.05, 3.63) is 0 Å². The normalized spacial score (nSPS) is 14.1. The van der Waals surface area contributed by atoms with Crippen LogP contribution in [0.4, 0.5) is 0 Å². The zero-order valence-corrected chi connectivity index (χ0v) is 11.1. The van der Waals surface area contributed by atoms with E-state index < -0.39 is 0 Å². The Morgan fingerprint density at radius 1 is 1.27 bits per heavy atom. The molecule has 2 heteroatoms. The van der Waals surface area contributed by atoms with Gasteiger partial charge in [0.15, 0.2) is 0 Å². The van der Waals surface area contributed by atoms with Crippen molar-refractivity contribution in [2.45, 2.75) is 66.9 Å². The molecule has 2 nitrogen and oxygen atoms in total. The Bertz CT molecular complexity index is 189. The zero-order valence-electron chi connectivity index (χ0n) is 11.1. The average molecular weight is 214 g/mol. The predicted octanol–water partition coefficient (Wildman–Crippen LogP) is 3.79. The minimum atomic E-state index is -0.0778. The van der Waals surface area contributed by atoms with Crippen LogP contribution in [0.1, 0.15) is 60.8 Å². The first kappa shape index (κ1) is 14.5. The van der Waals surface area contributed by atoms with Gasteiger partial charge in [0.05, 0.1) is 5.92 Å². The molecular weight excluding hydrogens is 188 g/mol. The summed E-state index contributed by atoms with van der Waals surface area (Å²) in [5, 5.41) is 0. The minimum Gasteiger partial charge on any atom is -0.462 e. The largest absolute Gasteiger partial charge is 0.462 e. The van der Waals surface area contributed by atoms with Crippen LogP contribution < -0.4 is 0 Å². The van der Waals surface area contributed by atoms with Gasteiger partial charge in [-0.15, -0.1) is 0 Å². The van der Waals surface area contributed by atoms with Gasteiger partial charge >= 0.3 is 5.97 Å². The van der Waals surface area contributed by atoms with Crippen LogP contribution in [-0.4, -0.2) is 12.1 Å². The van der Waals surface area contributed by atoms with E-state index in [1.807, 2.05) is 13.8 Å². The molecule has 0 saturated carbocycles. The van der Waals surface area contributed by atoms with E-state index >= 15 is 0 Å². The quantitative estimate of drug-likeness (QED) is 0.651. The molecule has 0 aromatic carbocycles. The summed E-state index contributed by atoms with van der Waals surface area (Å²) in [5.74, 6) is -0.109. The molecule has 0 aliphatic rings. The van der Waals surface area contributed by atoms with Crippen LogP contribution in [0.3, 0.4) is 0 Å². The standard InChI is InChI=1S/C13H26O2/c1-7-8-9-11(13(4,5)6)15-12(14)10(2)3/h10-11H,7-9H2,1-6H3. The number of unbranched alkanes of at least 4 members (excludes halogenated alkanes) is 1. The van der Waals surface area contributed by atoms with Gasteiger partial charge in [-0.05, 0) is 11.8 Å². The number of carbonyl (C=O) groups is 1. The van der Waals surface area contributed by atoms with Gasteiger partial charge in [0.25, 0.3) is 0 Å². The SMILES string of the molecule is CCCCC(OC(=O)C(C)C)C(C)(C)C. The molecule has 0 radical (unpaired) electrons. The van der Waals surface area contributed by atoms with Crippen molar-refractivity contribution in [3.8, 4) is 0 Å². The Labute approximate surface area is 94.4 Å². The van der Waals surface area contributed by atoms with Crippen LogP contribution in [0.5, 0.6) is 0 Å². The third-order valence-electron chi connectivity index (χ3n) is 2.52. The van der Waals surface area contributed by atoms with E-state index in [0.717, 1.165) is 19.3 Å². The number of esters is 1. The molecule has 0 N–H and O–H groups in total. The van der Waals surface area contributed by atoms with E-state index in [1.54, 1.807) is 0 Å². The first-order valence-electron chi connectivity index (χ1n) is 5.99. The second kappa shape index (κ2) is 6.14. The number of rotatable bonds is 5. The third-order valence-corrected chi connectivity index (χ3v) is 2.52. The van der Waals surface area contributed by atoms with Gasteiger partial charge in [-0.25, -0.2) is 0 Å². The van der Waals surface area contributed by atoms with Gasteiger partial charge in [0.2, 0.25) is 0 Å². The maximum atomic E-state index is 11.5. The molecule has 15 heavy (non-hydrogen) atoms. The molecule has 0 aromatic rings. The topological polar surface area (TPSA) is 26.3 Å². The van der Waals surface area contributed by atoms with Crippen molar-refractivity contribution in [2.75, 3.05) is 0 Å². The number of ether oxygens (including phenoxy) is 1. The number of carbonyl (C=O) groups excluding carboxylic acids is 1. The highest BCUT2D eigenvalue weighted by atomic mass is 16.5. The molecule has 1 unspecified atom stereocenters. The van der Waals surface area contributed by atoms with Crippen LogP contribution in [0.25, 0.3) is 0 Å². The van der Waals surface area contributed by atoms with Crippen molar-refractivity contribution < 1.29 is 9.53 Å². The van der Waals surface area contributed by atoms with Crippen LogP contribution >= 0.6 is 0 Å². The predicted molar refractivity (Wildman–Crippen MR) is 63.7 cm³/mol. The van der Waals surface area contributed by atoms with Crippen molar-refractivity contribution >= 4 is 5.97 Å². The lowest BCUT2D eigenvalue weighted by Gasteiger charge is -2.31. The Kier molecular flexibility index (Phi) is 5.92. The summed E-state index contributed by atoms with van der Waals surface area (Å²) < 4.78 is 5.54. The van der Waals surface area contributed by atoms with E-state index in [0.29, 0.717) is 0 Å². The molecule has 0 bridgehead atoms. The average Bonchev–Trinajstić information content (AvgIpc) is 2.09. The maximum absolute atomic E-state index is 11.5. The van der Waals surface area contributed by atoms with E-state index in [-0.39, 0.29) is 23.4 Å². The Balaban J connectivity index is 4.31. The number of hydrogen-bond donors (Lipinski definition) is 0. The molecule has 0 aliphatic heterocycles. The molecule has 0 amide bonds. The monoisotopic (exact) mass is 214 g/mol. The summed E-state index contributed by atoms with van der Waals surface area (Å²) in [6, 6.07) is 0. The van der Waals surface area contributed by atoms with Gasteiger partial charge in [0.1, 0.15) is 6.10 Å². The third kappa shape index (κ3) is 5.81. The number of hydrogen-bond acceptors (Lipinski definition) is 2.